The van der Waals surface area contributed by atoms with Gasteiger partial charge in [-0.2, -0.15) is 0 Å². The van der Waals surface area contributed by atoms with Gasteiger partial charge in [0.1, 0.15) is 0 Å². The Bertz CT molecular complexity index is 564. The van der Waals surface area contributed by atoms with E-state index < -0.39 is 24.0 Å². The topological polar surface area (TPSA) is 63.2 Å². The van der Waals surface area contributed by atoms with Gasteiger partial charge in [-0.05, 0) is 38.0 Å². The molecule has 25 heavy (non-hydrogen) atoms. The Balaban J connectivity index is 1.67. The summed E-state index contributed by atoms with van der Waals surface area (Å²) in [5.41, 5.74) is -0.617. The monoisotopic (exact) mass is 352 g/mol. The average Bonchev–Trinajstić information content (AvgIpc) is 2.79. The summed E-state index contributed by atoms with van der Waals surface area (Å²) in [4.78, 5) is 23.8. The molecule has 4 saturated heterocycles. The number of fused-ring (bicyclic) bond motifs is 2. The van der Waals surface area contributed by atoms with Crippen molar-refractivity contribution >= 4 is 5.97 Å². The van der Waals surface area contributed by atoms with Gasteiger partial charge >= 0.3 is 5.97 Å². The molecule has 6 heteroatoms. The van der Waals surface area contributed by atoms with Crippen LogP contribution in [0.1, 0.15) is 52.9 Å². The van der Waals surface area contributed by atoms with Gasteiger partial charge in [-0.25, -0.2) is 9.78 Å². The zero-order chi connectivity index (χ0) is 17.8. The van der Waals surface area contributed by atoms with Crippen molar-refractivity contribution in [3.8, 4) is 0 Å². The van der Waals surface area contributed by atoms with Gasteiger partial charge in [0, 0.05) is 18.3 Å². The molecule has 0 aromatic heterocycles. The fraction of sp³-hybridized carbons (Fsp3) is 0.842. The standard InChI is InChI=1S/C19H28O6/c1-5-6-15(20)21-16-12(3)14-8-7-11(2)13-9-10-18(4)23-17(22-16)19(13,14)25-24-18/h5,11-14,16-17H,1,6-10H2,2-4H3/t11-,12-,13-,14-,16-,17-,18-,19-/m1/s1. The van der Waals surface area contributed by atoms with Gasteiger partial charge in [0.2, 0.25) is 12.1 Å². The summed E-state index contributed by atoms with van der Waals surface area (Å²) in [7, 11) is 0. The van der Waals surface area contributed by atoms with Crippen LogP contribution >= 0.6 is 0 Å². The van der Waals surface area contributed by atoms with Crippen molar-refractivity contribution in [1.29, 1.82) is 0 Å². The lowest BCUT2D eigenvalue weighted by Gasteiger charge is -2.59. The molecule has 140 valence electrons. The van der Waals surface area contributed by atoms with E-state index in [1.807, 2.05) is 6.92 Å². The van der Waals surface area contributed by atoms with E-state index in [1.54, 1.807) is 0 Å². The third-order valence-electron chi connectivity index (χ3n) is 6.66. The number of rotatable bonds is 3. The Morgan fingerprint density at radius 2 is 2.04 bits per heavy atom. The molecule has 0 amide bonds. The highest BCUT2D eigenvalue weighted by atomic mass is 17.3. The van der Waals surface area contributed by atoms with Crippen LogP contribution in [0.5, 0.6) is 0 Å². The van der Waals surface area contributed by atoms with Crippen LogP contribution in [-0.2, 0) is 28.8 Å². The lowest BCUT2D eigenvalue weighted by molar-refractivity contribution is -0.576. The van der Waals surface area contributed by atoms with E-state index in [1.165, 1.54) is 6.08 Å². The number of esters is 1. The largest absolute Gasteiger partial charge is 0.435 e. The number of carbonyl (C=O) groups excluding carboxylic acids is 1. The lowest BCUT2D eigenvalue weighted by atomic mass is 9.58. The summed E-state index contributed by atoms with van der Waals surface area (Å²) in [5, 5.41) is 0. The van der Waals surface area contributed by atoms with Crippen molar-refractivity contribution < 1.29 is 28.8 Å². The molecule has 0 radical (unpaired) electrons. The maximum atomic E-state index is 12.0. The van der Waals surface area contributed by atoms with Crippen LogP contribution in [0.25, 0.3) is 0 Å². The normalized spacial score (nSPS) is 51.3. The third-order valence-corrected chi connectivity index (χ3v) is 6.66. The van der Waals surface area contributed by atoms with Crippen molar-refractivity contribution in [2.24, 2.45) is 23.7 Å². The minimum absolute atomic E-state index is 0.00896. The Morgan fingerprint density at radius 3 is 2.80 bits per heavy atom. The highest BCUT2D eigenvalue weighted by molar-refractivity contribution is 5.71. The van der Waals surface area contributed by atoms with Crippen LogP contribution in [0.3, 0.4) is 0 Å². The number of ether oxygens (including phenoxy) is 3. The Hall–Kier alpha value is -0.950. The molecule has 1 aliphatic carbocycles. The summed E-state index contributed by atoms with van der Waals surface area (Å²) < 4.78 is 18.0. The first-order valence-corrected chi connectivity index (χ1v) is 9.40. The molecule has 5 aliphatic rings. The van der Waals surface area contributed by atoms with E-state index in [2.05, 4.69) is 20.4 Å². The second kappa shape index (κ2) is 6.05. The van der Waals surface area contributed by atoms with Gasteiger partial charge in [-0.3, -0.25) is 4.79 Å². The molecule has 0 aromatic rings. The molecule has 0 aromatic carbocycles. The first-order chi connectivity index (χ1) is 11.9. The zero-order valence-electron chi connectivity index (χ0n) is 15.2. The smallest absolute Gasteiger partial charge is 0.311 e. The Morgan fingerprint density at radius 1 is 1.24 bits per heavy atom. The van der Waals surface area contributed by atoms with Gasteiger partial charge in [0.15, 0.2) is 11.9 Å². The predicted molar refractivity (Wildman–Crippen MR) is 87.7 cm³/mol. The molecule has 1 spiro atoms. The fourth-order valence-electron chi connectivity index (χ4n) is 5.30. The van der Waals surface area contributed by atoms with Crippen molar-refractivity contribution in [2.45, 2.75) is 76.8 Å². The first-order valence-electron chi connectivity index (χ1n) is 9.40. The zero-order valence-corrected chi connectivity index (χ0v) is 15.2. The molecule has 1 saturated carbocycles. The van der Waals surface area contributed by atoms with E-state index in [0.717, 1.165) is 25.7 Å². The van der Waals surface area contributed by atoms with Crippen LogP contribution in [-0.4, -0.2) is 29.9 Å². The lowest BCUT2D eigenvalue weighted by Crippen LogP contribution is -2.70. The molecule has 4 heterocycles. The van der Waals surface area contributed by atoms with E-state index in [4.69, 9.17) is 24.0 Å². The van der Waals surface area contributed by atoms with Crippen LogP contribution in [0, 0.1) is 23.7 Å². The maximum absolute atomic E-state index is 12.0. The molecule has 6 nitrogen and oxygen atoms in total. The van der Waals surface area contributed by atoms with Crippen molar-refractivity contribution in [3.63, 3.8) is 0 Å². The van der Waals surface area contributed by atoms with Crippen LogP contribution < -0.4 is 0 Å². The number of hydrogen-bond acceptors (Lipinski definition) is 6. The summed E-state index contributed by atoms with van der Waals surface area (Å²) in [6.07, 6.45) is 4.37. The summed E-state index contributed by atoms with van der Waals surface area (Å²) >= 11 is 0. The molecular formula is C19H28O6. The molecule has 0 N–H and O–H groups in total. The number of hydrogen-bond donors (Lipinski definition) is 0. The average molecular weight is 352 g/mol. The van der Waals surface area contributed by atoms with Crippen LogP contribution in [0.4, 0.5) is 0 Å². The summed E-state index contributed by atoms with van der Waals surface area (Å²) in [5.74, 6) is -0.139. The van der Waals surface area contributed by atoms with Gasteiger partial charge in [-0.15, -0.1) is 6.58 Å². The van der Waals surface area contributed by atoms with Gasteiger partial charge in [0.05, 0.1) is 6.42 Å². The Labute approximate surface area is 148 Å². The quantitative estimate of drug-likeness (QED) is 0.441. The highest BCUT2D eigenvalue weighted by Gasteiger charge is 2.69. The minimum Gasteiger partial charge on any atom is -0.435 e. The molecule has 4 aliphatic heterocycles. The van der Waals surface area contributed by atoms with Crippen LogP contribution in [0.15, 0.2) is 12.7 Å². The fourth-order valence-corrected chi connectivity index (χ4v) is 5.30. The van der Waals surface area contributed by atoms with E-state index in [9.17, 15) is 4.79 Å². The predicted octanol–water partition coefficient (Wildman–Crippen LogP) is 3.31. The third kappa shape index (κ3) is 2.57. The SMILES string of the molecule is C=CCC(=O)O[C@@H]1O[C@@H]2O[C@@]3(C)CC[C@@H]4[C@H](C)CC[C@H]([C@H]1C)[C@@]24OO3. The highest BCUT2D eigenvalue weighted by Crippen LogP contribution is 2.60. The second-order valence-corrected chi connectivity index (χ2v) is 8.26. The van der Waals surface area contributed by atoms with Crippen LogP contribution in [0.2, 0.25) is 0 Å². The van der Waals surface area contributed by atoms with Crippen molar-refractivity contribution in [1.82, 2.24) is 0 Å². The van der Waals surface area contributed by atoms with E-state index in [-0.39, 0.29) is 24.2 Å². The van der Waals surface area contributed by atoms with Gasteiger partial charge in [-0.1, -0.05) is 19.9 Å². The first kappa shape index (κ1) is 17.5. The Kier molecular flexibility index (Phi) is 4.22. The van der Waals surface area contributed by atoms with Gasteiger partial charge in [0.25, 0.3) is 0 Å². The molecule has 5 fully saturated rings. The van der Waals surface area contributed by atoms with E-state index >= 15 is 0 Å². The molecular weight excluding hydrogens is 324 g/mol. The summed E-state index contributed by atoms with van der Waals surface area (Å²) in [6, 6.07) is 0. The second-order valence-electron chi connectivity index (χ2n) is 8.26. The maximum Gasteiger partial charge on any atom is 0.311 e. The number of carbonyl (C=O) groups is 1. The van der Waals surface area contributed by atoms with E-state index in [0.29, 0.717) is 11.8 Å². The summed E-state index contributed by atoms with van der Waals surface area (Å²) in [6.45, 7) is 9.81. The molecule has 8 atom stereocenters. The molecule has 0 unspecified atom stereocenters. The van der Waals surface area contributed by atoms with Crippen molar-refractivity contribution in [2.75, 3.05) is 0 Å². The minimum atomic E-state index is -0.812. The van der Waals surface area contributed by atoms with Gasteiger partial charge < -0.3 is 14.2 Å². The molecule has 2 bridgehead atoms. The van der Waals surface area contributed by atoms with Crippen molar-refractivity contribution in [3.05, 3.63) is 12.7 Å². The molecule has 5 rings (SSSR count).